The van der Waals surface area contributed by atoms with Crippen LogP contribution in [0, 0.1) is 11.3 Å². The number of dihydropyridines is 1. The second kappa shape index (κ2) is 12.5. The van der Waals surface area contributed by atoms with Gasteiger partial charge in [-0.3, -0.25) is 4.79 Å². The zero-order chi connectivity index (χ0) is 26.1. The summed E-state index contributed by atoms with van der Waals surface area (Å²) < 4.78 is 16.9. The van der Waals surface area contributed by atoms with Crippen LogP contribution in [0.5, 0.6) is 11.5 Å². The Balaban J connectivity index is 2.03. The van der Waals surface area contributed by atoms with Gasteiger partial charge in [-0.2, -0.15) is 5.26 Å². The van der Waals surface area contributed by atoms with Crippen molar-refractivity contribution in [2.24, 2.45) is 5.73 Å². The fourth-order valence-corrected chi connectivity index (χ4v) is 4.54. The molecule has 3 N–H and O–H groups in total. The van der Waals surface area contributed by atoms with Gasteiger partial charge in [0.1, 0.15) is 13.2 Å². The predicted octanol–water partition coefficient (Wildman–Crippen LogP) is 3.92. The largest absolute Gasteiger partial charge is 0.493 e. The molecular weight excluding hydrogens is 478 g/mol. The maximum absolute atomic E-state index is 13.0. The zero-order valence-corrected chi connectivity index (χ0v) is 20.9. The van der Waals surface area contributed by atoms with Crippen molar-refractivity contribution in [3.63, 3.8) is 0 Å². The first-order valence-electron chi connectivity index (χ1n) is 11.0. The number of hydrogen-bond donors (Lipinski definition) is 2. The van der Waals surface area contributed by atoms with Crippen LogP contribution < -0.4 is 20.5 Å². The molecule has 186 valence electrons. The lowest BCUT2D eigenvalue weighted by atomic mass is 9.82. The number of amides is 1. The van der Waals surface area contributed by atoms with E-state index in [0.717, 1.165) is 17.3 Å². The Morgan fingerprint density at radius 3 is 2.61 bits per heavy atom. The SMILES string of the molecule is C=CCOC(=O)C1=C(C)NC(SCC(N)=O)=C(C#N)C1c1ccc(OCc2ccccc2)c(OC)c1. The van der Waals surface area contributed by atoms with Crippen molar-refractivity contribution in [3.8, 4) is 17.6 Å². The number of carbonyl (C=O) groups is 2. The van der Waals surface area contributed by atoms with E-state index in [4.69, 9.17) is 19.9 Å². The van der Waals surface area contributed by atoms with Gasteiger partial charge in [-0.25, -0.2) is 4.79 Å². The van der Waals surface area contributed by atoms with E-state index in [1.807, 2.05) is 30.3 Å². The second-order valence-electron chi connectivity index (χ2n) is 7.78. The van der Waals surface area contributed by atoms with Crippen molar-refractivity contribution >= 4 is 23.6 Å². The second-order valence-corrected chi connectivity index (χ2v) is 8.76. The first kappa shape index (κ1) is 26.4. The smallest absolute Gasteiger partial charge is 0.337 e. The van der Waals surface area contributed by atoms with E-state index < -0.39 is 17.8 Å². The molecule has 1 aliphatic heterocycles. The van der Waals surface area contributed by atoms with Gasteiger partial charge >= 0.3 is 5.97 Å². The molecule has 1 amide bonds. The molecule has 9 heteroatoms. The number of thioether (sulfide) groups is 1. The standard InChI is InChI=1S/C27H27N3O5S/c1-4-12-34-27(32)24-17(2)30-26(36-16-23(29)31)20(14-28)25(24)19-10-11-21(22(13-19)33-3)35-15-18-8-6-5-7-9-18/h4-11,13,25,30H,1,12,15-16H2,2-3H3,(H2,29,31). The fraction of sp³-hybridized carbons (Fsp3) is 0.222. The molecule has 36 heavy (non-hydrogen) atoms. The van der Waals surface area contributed by atoms with Crippen LogP contribution in [0.3, 0.4) is 0 Å². The minimum Gasteiger partial charge on any atom is -0.493 e. The summed E-state index contributed by atoms with van der Waals surface area (Å²) in [6.07, 6.45) is 1.47. The number of benzene rings is 2. The molecule has 8 nitrogen and oxygen atoms in total. The maximum Gasteiger partial charge on any atom is 0.337 e. The molecule has 3 rings (SSSR count). The van der Waals surface area contributed by atoms with Gasteiger partial charge in [0.25, 0.3) is 0 Å². The predicted molar refractivity (Wildman–Crippen MR) is 138 cm³/mol. The first-order valence-corrected chi connectivity index (χ1v) is 12.0. The molecule has 1 unspecified atom stereocenters. The molecule has 0 radical (unpaired) electrons. The van der Waals surface area contributed by atoms with Crippen LogP contribution in [0.1, 0.15) is 24.0 Å². The fourth-order valence-electron chi connectivity index (χ4n) is 3.70. The Morgan fingerprint density at radius 1 is 1.22 bits per heavy atom. The van der Waals surface area contributed by atoms with Crippen LogP contribution in [0.25, 0.3) is 0 Å². The highest BCUT2D eigenvalue weighted by Gasteiger charge is 2.36. The molecule has 0 bridgehead atoms. The summed E-state index contributed by atoms with van der Waals surface area (Å²) in [5, 5.41) is 13.6. The Morgan fingerprint density at radius 2 is 1.97 bits per heavy atom. The summed E-state index contributed by atoms with van der Waals surface area (Å²) in [6, 6.07) is 17.2. The lowest BCUT2D eigenvalue weighted by Gasteiger charge is -2.29. The number of nitrogens with zero attached hydrogens (tertiary/aromatic N) is 1. The number of esters is 1. The first-order chi connectivity index (χ1) is 17.4. The van der Waals surface area contributed by atoms with Crippen molar-refractivity contribution < 1.29 is 23.8 Å². The van der Waals surface area contributed by atoms with Crippen LogP contribution >= 0.6 is 11.8 Å². The quantitative estimate of drug-likeness (QED) is 0.348. The van der Waals surface area contributed by atoms with Gasteiger partial charge in [0, 0.05) is 5.70 Å². The lowest BCUT2D eigenvalue weighted by Crippen LogP contribution is -2.29. The zero-order valence-electron chi connectivity index (χ0n) is 20.1. The van der Waals surface area contributed by atoms with E-state index >= 15 is 0 Å². The summed E-state index contributed by atoms with van der Waals surface area (Å²) in [7, 11) is 1.52. The number of rotatable bonds is 11. The van der Waals surface area contributed by atoms with Gasteiger partial charge in [0.05, 0.1) is 41.0 Å². The van der Waals surface area contributed by atoms with Gasteiger partial charge in [0.15, 0.2) is 11.5 Å². The highest BCUT2D eigenvalue weighted by molar-refractivity contribution is 8.03. The number of allylic oxidation sites excluding steroid dienone is 2. The molecule has 0 aromatic heterocycles. The molecule has 2 aromatic rings. The highest BCUT2D eigenvalue weighted by atomic mass is 32.2. The highest BCUT2D eigenvalue weighted by Crippen LogP contribution is 2.43. The van der Waals surface area contributed by atoms with Crippen LogP contribution in [-0.2, 0) is 20.9 Å². The van der Waals surface area contributed by atoms with Gasteiger partial charge < -0.3 is 25.3 Å². The minimum atomic E-state index is -0.763. The third kappa shape index (κ3) is 6.29. The molecule has 1 atom stereocenters. The molecule has 2 aromatic carbocycles. The molecule has 1 aliphatic rings. The van der Waals surface area contributed by atoms with Crippen LogP contribution in [0.15, 0.2) is 83.1 Å². The van der Waals surface area contributed by atoms with Gasteiger partial charge in [-0.05, 0) is 30.2 Å². The third-order valence-electron chi connectivity index (χ3n) is 5.32. The molecule has 0 saturated carbocycles. The van der Waals surface area contributed by atoms with E-state index in [0.29, 0.717) is 34.4 Å². The number of nitrogens with one attached hydrogen (secondary N) is 1. The third-order valence-corrected chi connectivity index (χ3v) is 6.36. The minimum absolute atomic E-state index is 0.0206. The van der Waals surface area contributed by atoms with Crippen molar-refractivity contribution in [1.29, 1.82) is 5.26 Å². The monoisotopic (exact) mass is 505 g/mol. The number of carbonyl (C=O) groups excluding carboxylic acids is 2. The van der Waals surface area contributed by atoms with Crippen molar-refractivity contribution in [2.75, 3.05) is 19.5 Å². The Hall–Kier alpha value is -4.16. The lowest BCUT2D eigenvalue weighted by molar-refractivity contribution is -0.138. The average Bonchev–Trinajstić information content (AvgIpc) is 2.89. The number of ether oxygens (including phenoxy) is 3. The molecular formula is C27H27N3O5S. The summed E-state index contributed by atoms with van der Waals surface area (Å²) in [5.41, 5.74) is 7.98. The summed E-state index contributed by atoms with van der Waals surface area (Å²) >= 11 is 1.10. The normalized spacial score (nSPS) is 15.0. The maximum atomic E-state index is 13.0. The van der Waals surface area contributed by atoms with Gasteiger partial charge in [-0.15, -0.1) is 0 Å². The number of nitrogens with two attached hydrogens (primary N) is 1. The van der Waals surface area contributed by atoms with Crippen LogP contribution in [0.4, 0.5) is 0 Å². The van der Waals surface area contributed by atoms with Gasteiger partial charge in [-0.1, -0.05) is 60.8 Å². The van der Waals surface area contributed by atoms with E-state index in [1.54, 1.807) is 25.1 Å². The summed E-state index contributed by atoms with van der Waals surface area (Å²) in [6.45, 7) is 5.66. The van der Waals surface area contributed by atoms with Crippen molar-refractivity contribution in [2.45, 2.75) is 19.4 Å². The van der Waals surface area contributed by atoms with Crippen molar-refractivity contribution in [3.05, 3.63) is 94.2 Å². The number of primary amides is 1. The Bertz CT molecular complexity index is 1250. The summed E-state index contributed by atoms with van der Waals surface area (Å²) in [4.78, 5) is 24.4. The summed E-state index contributed by atoms with van der Waals surface area (Å²) in [5.74, 6) is -0.939. The van der Waals surface area contributed by atoms with E-state index in [9.17, 15) is 14.9 Å². The molecule has 0 fully saturated rings. The Labute approximate surface area is 214 Å². The van der Waals surface area contributed by atoms with Crippen LogP contribution in [0.2, 0.25) is 0 Å². The molecule has 1 heterocycles. The molecule has 0 aliphatic carbocycles. The van der Waals surface area contributed by atoms with Crippen molar-refractivity contribution in [1.82, 2.24) is 5.32 Å². The van der Waals surface area contributed by atoms with E-state index in [-0.39, 0.29) is 23.5 Å². The van der Waals surface area contributed by atoms with E-state index in [2.05, 4.69) is 18.0 Å². The topological polar surface area (TPSA) is 124 Å². The molecule has 0 spiro atoms. The molecule has 0 saturated heterocycles. The van der Waals surface area contributed by atoms with Crippen LogP contribution in [-0.4, -0.2) is 31.3 Å². The Kier molecular flexibility index (Phi) is 9.19. The average molecular weight is 506 g/mol. The number of nitriles is 1. The number of hydrogen-bond acceptors (Lipinski definition) is 8. The van der Waals surface area contributed by atoms with Gasteiger partial charge in [0.2, 0.25) is 5.91 Å². The van der Waals surface area contributed by atoms with E-state index in [1.165, 1.54) is 13.2 Å². The number of methoxy groups -OCH3 is 1.